The summed E-state index contributed by atoms with van der Waals surface area (Å²) in [5, 5.41) is 3.44. The molecule has 0 saturated carbocycles. The Bertz CT molecular complexity index is 268. The quantitative estimate of drug-likeness (QED) is 0.759. The van der Waals surface area contributed by atoms with Gasteiger partial charge < -0.3 is 5.32 Å². The normalized spacial score (nSPS) is 12.7. The molecule has 0 radical (unpaired) electrons. The molecule has 0 heterocycles. The van der Waals surface area contributed by atoms with E-state index in [0.717, 1.165) is 25.8 Å². The van der Waals surface area contributed by atoms with Crippen molar-refractivity contribution >= 4 is 0 Å². The lowest BCUT2D eigenvalue weighted by Crippen LogP contribution is -2.28. The molecule has 0 aliphatic rings. The minimum atomic E-state index is -0.155. The van der Waals surface area contributed by atoms with Crippen LogP contribution in [0.2, 0.25) is 0 Å². The van der Waals surface area contributed by atoms with Crippen molar-refractivity contribution in [3.8, 4) is 0 Å². The Labute approximate surface area is 91.7 Å². The van der Waals surface area contributed by atoms with Crippen LogP contribution in [-0.4, -0.2) is 12.6 Å². The standard InChI is InChI=1S/C13H20FN/c1-3-13(15-4-2)10-7-11-5-8-12(14)9-6-11/h5-6,8-9,13,15H,3-4,7,10H2,1-2H3. The third-order valence-corrected chi connectivity index (χ3v) is 2.68. The molecule has 1 rings (SSSR count). The van der Waals surface area contributed by atoms with Crippen LogP contribution in [0.4, 0.5) is 4.39 Å². The van der Waals surface area contributed by atoms with Crippen molar-refractivity contribution in [2.75, 3.05) is 6.54 Å². The number of hydrogen-bond donors (Lipinski definition) is 1. The highest BCUT2D eigenvalue weighted by Crippen LogP contribution is 2.08. The highest BCUT2D eigenvalue weighted by molar-refractivity contribution is 5.16. The first kappa shape index (κ1) is 12.2. The molecule has 1 aromatic carbocycles. The molecule has 0 saturated heterocycles. The summed E-state index contributed by atoms with van der Waals surface area (Å²) < 4.78 is 12.7. The number of rotatable bonds is 6. The molecule has 84 valence electrons. The molecular weight excluding hydrogens is 189 g/mol. The third-order valence-electron chi connectivity index (χ3n) is 2.68. The maximum absolute atomic E-state index is 12.7. The lowest BCUT2D eigenvalue weighted by molar-refractivity contribution is 0.481. The van der Waals surface area contributed by atoms with Crippen molar-refractivity contribution in [3.63, 3.8) is 0 Å². The van der Waals surface area contributed by atoms with Gasteiger partial charge in [-0.15, -0.1) is 0 Å². The Balaban J connectivity index is 2.38. The van der Waals surface area contributed by atoms with Crippen LogP contribution in [0, 0.1) is 5.82 Å². The highest BCUT2D eigenvalue weighted by Gasteiger charge is 2.04. The van der Waals surface area contributed by atoms with Crippen molar-refractivity contribution in [1.29, 1.82) is 0 Å². The smallest absolute Gasteiger partial charge is 0.123 e. The van der Waals surface area contributed by atoms with E-state index in [4.69, 9.17) is 0 Å². The van der Waals surface area contributed by atoms with Crippen LogP contribution in [-0.2, 0) is 6.42 Å². The van der Waals surface area contributed by atoms with Gasteiger partial charge in [-0.05, 0) is 43.5 Å². The topological polar surface area (TPSA) is 12.0 Å². The van der Waals surface area contributed by atoms with Gasteiger partial charge in [0.15, 0.2) is 0 Å². The van der Waals surface area contributed by atoms with Crippen LogP contribution in [0.1, 0.15) is 32.3 Å². The van der Waals surface area contributed by atoms with E-state index >= 15 is 0 Å². The summed E-state index contributed by atoms with van der Waals surface area (Å²) in [5.41, 5.74) is 1.22. The number of halogens is 1. The van der Waals surface area contributed by atoms with Gasteiger partial charge in [-0.3, -0.25) is 0 Å². The molecule has 0 aliphatic heterocycles. The molecule has 1 unspecified atom stereocenters. The molecular formula is C13H20FN. The summed E-state index contributed by atoms with van der Waals surface area (Å²) in [4.78, 5) is 0. The second kappa shape index (κ2) is 6.57. The Kier molecular flexibility index (Phi) is 5.33. The lowest BCUT2D eigenvalue weighted by atomic mass is 10.0. The van der Waals surface area contributed by atoms with Crippen molar-refractivity contribution in [3.05, 3.63) is 35.6 Å². The SMILES string of the molecule is CCNC(CC)CCc1ccc(F)cc1. The molecule has 0 aromatic heterocycles. The number of benzene rings is 1. The van der Waals surface area contributed by atoms with Gasteiger partial charge in [-0.25, -0.2) is 4.39 Å². The predicted octanol–water partition coefficient (Wildman–Crippen LogP) is 3.15. The van der Waals surface area contributed by atoms with Crippen molar-refractivity contribution < 1.29 is 4.39 Å². The summed E-state index contributed by atoms with van der Waals surface area (Å²) in [5.74, 6) is -0.155. The molecule has 0 fully saturated rings. The van der Waals surface area contributed by atoms with E-state index in [1.54, 1.807) is 0 Å². The zero-order chi connectivity index (χ0) is 11.1. The van der Waals surface area contributed by atoms with Gasteiger partial charge in [0.2, 0.25) is 0 Å². The lowest BCUT2D eigenvalue weighted by Gasteiger charge is -2.15. The van der Waals surface area contributed by atoms with Crippen LogP contribution in [0.3, 0.4) is 0 Å². The van der Waals surface area contributed by atoms with Crippen LogP contribution in [0.5, 0.6) is 0 Å². The largest absolute Gasteiger partial charge is 0.314 e. The van der Waals surface area contributed by atoms with Crippen LogP contribution in [0.25, 0.3) is 0 Å². The van der Waals surface area contributed by atoms with E-state index in [0.29, 0.717) is 6.04 Å². The minimum Gasteiger partial charge on any atom is -0.314 e. The first-order valence-electron chi connectivity index (χ1n) is 5.74. The Morgan fingerprint density at radius 1 is 1.20 bits per heavy atom. The van der Waals surface area contributed by atoms with Crippen molar-refractivity contribution in [2.24, 2.45) is 0 Å². The van der Waals surface area contributed by atoms with Crippen molar-refractivity contribution in [2.45, 2.75) is 39.2 Å². The number of hydrogen-bond acceptors (Lipinski definition) is 1. The van der Waals surface area contributed by atoms with Crippen LogP contribution >= 0.6 is 0 Å². The van der Waals surface area contributed by atoms with E-state index in [-0.39, 0.29) is 5.82 Å². The van der Waals surface area contributed by atoms with Crippen LogP contribution in [0.15, 0.2) is 24.3 Å². The van der Waals surface area contributed by atoms with Gasteiger partial charge >= 0.3 is 0 Å². The van der Waals surface area contributed by atoms with Crippen LogP contribution < -0.4 is 5.32 Å². The second-order valence-electron chi connectivity index (χ2n) is 3.83. The molecule has 1 atom stereocenters. The molecule has 15 heavy (non-hydrogen) atoms. The average Bonchev–Trinajstić information content (AvgIpc) is 2.26. The second-order valence-corrected chi connectivity index (χ2v) is 3.83. The summed E-state index contributed by atoms with van der Waals surface area (Å²) in [6.07, 6.45) is 3.29. The maximum atomic E-state index is 12.7. The summed E-state index contributed by atoms with van der Waals surface area (Å²) in [7, 11) is 0. The minimum absolute atomic E-state index is 0.155. The third kappa shape index (κ3) is 4.43. The predicted molar refractivity (Wildman–Crippen MR) is 62.5 cm³/mol. The fourth-order valence-corrected chi connectivity index (χ4v) is 1.73. The zero-order valence-electron chi connectivity index (χ0n) is 9.59. The van der Waals surface area contributed by atoms with Gasteiger partial charge in [-0.2, -0.15) is 0 Å². The summed E-state index contributed by atoms with van der Waals surface area (Å²) in [6.45, 7) is 5.33. The Morgan fingerprint density at radius 2 is 1.87 bits per heavy atom. The van der Waals surface area contributed by atoms with E-state index in [1.165, 1.54) is 17.7 Å². The van der Waals surface area contributed by atoms with Gasteiger partial charge in [0.1, 0.15) is 5.82 Å². The Morgan fingerprint density at radius 3 is 2.40 bits per heavy atom. The highest BCUT2D eigenvalue weighted by atomic mass is 19.1. The average molecular weight is 209 g/mol. The molecule has 0 spiro atoms. The molecule has 0 aliphatic carbocycles. The zero-order valence-corrected chi connectivity index (χ0v) is 9.59. The summed E-state index contributed by atoms with van der Waals surface area (Å²) in [6, 6.07) is 7.38. The first-order valence-corrected chi connectivity index (χ1v) is 5.74. The molecule has 1 aromatic rings. The van der Waals surface area contributed by atoms with E-state index in [9.17, 15) is 4.39 Å². The van der Waals surface area contributed by atoms with E-state index < -0.39 is 0 Å². The fraction of sp³-hybridized carbons (Fsp3) is 0.538. The number of aryl methyl sites for hydroxylation is 1. The van der Waals surface area contributed by atoms with Gasteiger partial charge in [0, 0.05) is 6.04 Å². The molecule has 1 nitrogen and oxygen atoms in total. The molecule has 1 N–H and O–H groups in total. The molecule has 0 bridgehead atoms. The summed E-state index contributed by atoms with van der Waals surface area (Å²) >= 11 is 0. The molecule has 0 amide bonds. The molecule has 2 heteroatoms. The van der Waals surface area contributed by atoms with Gasteiger partial charge in [0.05, 0.1) is 0 Å². The monoisotopic (exact) mass is 209 g/mol. The Hall–Kier alpha value is -0.890. The first-order chi connectivity index (χ1) is 7.26. The van der Waals surface area contributed by atoms with E-state index in [1.807, 2.05) is 12.1 Å². The van der Waals surface area contributed by atoms with Crippen molar-refractivity contribution in [1.82, 2.24) is 5.32 Å². The van der Waals surface area contributed by atoms with Gasteiger partial charge in [0.25, 0.3) is 0 Å². The van der Waals surface area contributed by atoms with Gasteiger partial charge in [-0.1, -0.05) is 26.0 Å². The number of nitrogens with one attached hydrogen (secondary N) is 1. The fourth-order valence-electron chi connectivity index (χ4n) is 1.73. The van der Waals surface area contributed by atoms with E-state index in [2.05, 4.69) is 19.2 Å². The maximum Gasteiger partial charge on any atom is 0.123 e.